The van der Waals surface area contributed by atoms with Gasteiger partial charge in [0.2, 0.25) is 0 Å². The number of piperidine rings is 1. The highest BCUT2D eigenvalue weighted by atomic mass is 35.5. The molecule has 5 rings (SSSR count). The number of rotatable bonds is 9. The first-order valence-corrected chi connectivity index (χ1v) is 15.7. The van der Waals surface area contributed by atoms with Crippen molar-refractivity contribution in [3.63, 3.8) is 0 Å². The molecule has 3 aromatic rings. The molecular weight excluding hydrogens is 567 g/mol. The highest BCUT2D eigenvalue weighted by molar-refractivity contribution is 7.81. The van der Waals surface area contributed by atoms with E-state index >= 15 is 0 Å². The van der Waals surface area contributed by atoms with Gasteiger partial charge < -0.3 is 21.1 Å². The molecular formula is C29H36ClFN6O3S. The fraction of sp³-hybridized carbons (Fsp3) is 0.448. The van der Waals surface area contributed by atoms with E-state index in [1.165, 1.54) is 24.3 Å². The van der Waals surface area contributed by atoms with Gasteiger partial charge in [-0.1, -0.05) is 17.7 Å². The van der Waals surface area contributed by atoms with Gasteiger partial charge in [-0.05, 0) is 67.9 Å². The van der Waals surface area contributed by atoms with Crippen LogP contribution >= 0.6 is 11.6 Å². The minimum Gasteiger partial charge on any atom is -0.390 e. The molecule has 220 valence electrons. The number of aliphatic hydroxyl groups excluding tert-OH is 1. The number of likely N-dealkylation sites (tertiary alicyclic amines) is 1. The maximum atomic E-state index is 13.2. The fourth-order valence-corrected chi connectivity index (χ4v) is 6.34. The van der Waals surface area contributed by atoms with Crippen molar-refractivity contribution in [1.82, 2.24) is 24.3 Å². The lowest BCUT2D eigenvalue weighted by Gasteiger charge is -2.31. The van der Waals surface area contributed by atoms with Crippen molar-refractivity contribution in [1.29, 1.82) is 0 Å². The van der Waals surface area contributed by atoms with E-state index in [0.29, 0.717) is 48.7 Å². The molecule has 0 aliphatic carbocycles. The van der Waals surface area contributed by atoms with Gasteiger partial charge in [-0.25, -0.2) is 12.9 Å². The Kier molecular flexibility index (Phi) is 9.52. The minimum atomic E-state index is -1.13. The Morgan fingerprint density at radius 3 is 2.63 bits per heavy atom. The van der Waals surface area contributed by atoms with Crippen molar-refractivity contribution in [2.75, 3.05) is 32.4 Å². The van der Waals surface area contributed by atoms with E-state index in [0.717, 1.165) is 48.4 Å². The van der Waals surface area contributed by atoms with Gasteiger partial charge in [0.25, 0.3) is 5.91 Å². The molecule has 9 nitrogen and oxygen atoms in total. The lowest BCUT2D eigenvalue weighted by Crippen LogP contribution is -2.43. The number of carbonyl (C=O) groups is 1. The highest BCUT2D eigenvalue weighted by Gasteiger charge is 2.29. The molecule has 2 aliphatic heterocycles. The predicted octanol–water partition coefficient (Wildman–Crippen LogP) is 2.71. The molecule has 12 heteroatoms. The smallest absolute Gasteiger partial charge is 0.251 e. The predicted molar refractivity (Wildman–Crippen MR) is 158 cm³/mol. The quantitative estimate of drug-likeness (QED) is 0.347. The summed E-state index contributed by atoms with van der Waals surface area (Å²) in [6.45, 7) is 3.96. The third-order valence-corrected chi connectivity index (χ3v) is 9.22. The number of nitrogens with zero attached hydrogens (tertiary/aromatic N) is 4. The van der Waals surface area contributed by atoms with Crippen LogP contribution < -0.4 is 11.1 Å². The second-order valence-corrected chi connectivity index (χ2v) is 12.6. The van der Waals surface area contributed by atoms with E-state index in [-0.39, 0.29) is 18.5 Å². The van der Waals surface area contributed by atoms with E-state index in [9.17, 15) is 18.5 Å². The number of nitrogens with one attached hydrogen (secondary N) is 1. The Labute approximate surface area is 247 Å². The van der Waals surface area contributed by atoms with Crippen molar-refractivity contribution in [3.05, 3.63) is 75.7 Å². The summed E-state index contributed by atoms with van der Waals surface area (Å²) in [5.74, 6) is -0.742. The van der Waals surface area contributed by atoms with Crippen LogP contribution in [0.1, 0.15) is 40.0 Å². The van der Waals surface area contributed by atoms with Crippen molar-refractivity contribution in [2.24, 2.45) is 5.73 Å². The monoisotopic (exact) mass is 602 g/mol. The third kappa shape index (κ3) is 7.22. The van der Waals surface area contributed by atoms with E-state index in [1.54, 1.807) is 12.3 Å². The van der Waals surface area contributed by atoms with Crippen molar-refractivity contribution in [2.45, 2.75) is 51.0 Å². The molecule has 2 unspecified atom stereocenters. The van der Waals surface area contributed by atoms with Gasteiger partial charge in [-0.2, -0.15) is 5.10 Å². The molecule has 4 N–H and O–H groups in total. The molecule has 1 aromatic heterocycles. The third-order valence-electron chi connectivity index (χ3n) is 7.81. The number of fused-ring (bicyclic) bond motifs is 1. The number of halogens is 2. The van der Waals surface area contributed by atoms with E-state index in [2.05, 4.69) is 10.2 Å². The van der Waals surface area contributed by atoms with Crippen LogP contribution in [-0.4, -0.2) is 78.8 Å². The number of aliphatic hydroxyl groups is 1. The fourth-order valence-electron chi connectivity index (χ4n) is 5.50. The number of aromatic nitrogens is 2. The van der Waals surface area contributed by atoms with E-state index in [4.69, 9.17) is 22.4 Å². The lowest BCUT2D eigenvalue weighted by molar-refractivity contribution is 0.0818. The molecule has 0 bridgehead atoms. The van der Waals surface area contributed by atoms with Gasteiger partial charge in [-0.3, -0.25) is 9.48 Å². The van der Waals surface area contributed by atoms with Crippen LogP contribution in [0.25, 0.3) is 11.3 Å². The molecule has 0 saturated carbocycles. The summed E-state index contributed by atoms with van der Waals surface area (Å²) in [6.07, 6.45) is 3.61. The Hall–Kier alpha value is -2.67. The van der Waals surface area contributed by atoms with Crippen LogP contribution in [0.5, 0.6) is 0 Å². The topological polar surface area (TPSA) is 117 Å². The van der Waals surface area contributed by atoms with E-state index in [1.807, 2.05) is 21.1 Å². The summed E-state index contributed by atoms with van der Waals surface area (Å²) in [4.78, 5) is 14.8. The standard InChI is InChI=1S/C29H36ClFN6O3S/c1-41(40)36-13-10-27-25(18-36)28(34-37(27)17-24(38)16-35-11-8-23(32)9-12-35)20-4-7-26(30)21(14-20)15-33-29(39)19-2-5-22(31)6-3-19/h2-7,14,23-24,38H,8-13,15-18,32H2,1H3,(H,33,39). The average Bonchev–Trinajstić information content (AvgIpc) is 3.31. The molecule has 0 spiro atoms. The number of hydrogen-bond acceptors (Lipinski definition) is 6. The SMILES string of the molecule is CS(=O)N1CCc2c(c(-c3ccc(Cl)c(CNC(=O)c4ccc(F)cc4)c3)nn2CC(O)CN2CCC(N)CC2)C1. The van der Waals surface area contributed by atoms with Gasteiger partial charge >= 0.3 is 0 Å². The molecule has 2 aromatic carbocycles. The summed E-state index contributed by atoms with van der Waals surface area (Å²) in [6, 6.07) is 11.1. The van der Waals surface area contributed by atoms with Gasteiger partial charge in [0, 0.05) is 72.3 Å². The number of carbonyl (C=O) groups excluding carboxylic acids is 1. The van der Waals surface area contributed by atoms with Crippen molar-refractivity contribution < 1.29 is 18.5 Å². The Morgan fingerprint density at radius 1 is 1.20 bits per heavy atom. The molecule has 2 atom stereocenters. The highest BCUT2D eigenvalue weighted by Crippen LogP contribution is 2.33. The number of nitrogens with two attached hydrogens (primary N) is 1. The normalized spacial score (nSPS) is 18.2. The van der Waals surface area contributed by atoms with Gasteiger partial charge in [0.15, 0.2) is 0 Å². The molecule has 1 fully saturated rings. The van der Waals surface area contributed by atoms with Crippen molar-refractivity contribution in [3.8, 4) is 11.3 Å². The second kappa shape index (κ2) is 13.1. The zero-order chi connectivity index (χ0) is 29.1. The maximum absolute atomic E-state index is 13.2. The zero-order valence-corrected chi connectivity index (χ0v) is 24.6. The van der Waals surface area contributed by atoms with Crippen LogP contribution in [0, 0.1) is 5.82 Å². The van der Waals surface area contributed by atoms with Crippen LogP contribution in [0.2, 0.25) is 5.02 Å². The molecule has 2 aliphatic rings. The first kappa shape index (κ1) is 29.8. The largest absolute Gasteiger partial charge is 0.390 e. The van der Waals surface area contributed by atoms with Crippen molar-refractivity contribution >= 4 is 28.5 Å². The summed E-state index contributed by atoms with van der Waals surface area (Å²) < 4.78 is 29.4. The molecule has 3 heterocycles. The maximum Gasteiger partial charge on any atom is 0.251 e. The summed E-state index contributed by atoms with van der Waals surface area (Å²) >= 11 is 6.50. The number of amides is 1. The Morgan fingerprint density at radius 2 is 1.93 bits per heavy atom. The molecule has 1 saturated heterocycles. The van der Waals surface area contributed by atoms with E-state index < -0.39 is 22.9 Å². The summed E-state index contributed by atoms with van der Waals surface area (Å²) in [7, 11) is -1.13. The first-order chi connectivity index (χ1) is 19.7. The summed E-state index contributed by atoms with van der Waals surface area (Å²) in [5.41, 5.74) is 10.7. The summed E-state index contributed by atoms with van der Waals surface area (Å²) in [5, 5.41) is 19.3. The minimum absolute atomic E-state index is 0.176. The molecule has 1 amide bonds. The lowest BCUT2D eigenvalue weighted by atomic mass is 10.0. The first-order valence-electron chi connectivity index (χ1n) is 13.8. The van der Waals surface area contributed by atoms with Gasteiger partial charge in [0.1, 0.15) is 5.82 Å². The number of β-amino-alcohol motifs (C(OH)–C–C–N with tert-alkyl or cyclic N) is 1. The van der Waals surface area contributed by atoms with Crippen LogP contribution in [0.3, 0.4) is 0 Å². The van der Waals surface area contributed by atoms with Gasteiger partial charge in [-0.15, -0.1) is 0 Å². The van der Waals surface area contributed by atoms with Gasteiger partial charge in [0.05, 0.1) is 29.3 Å². The van der Waals surface area contributed by atoms with Crippen LogP contribution in [0.15, 0.2) is 42.5 Å². The second-order valence-electron chi connectivity index (χ2n) is 10.8. The Bertz CT molecular complexity index is 1410. The average molecular weight is 603 g/mol. The van der Waals surface area contributed by atoms with Crippen LogP contribution in [-0.2, 0) is 37.0 Å². The zero-order valence-electron chi connectivity index (χ0n) is 23.1. The van der Waals surface area contributed by atoms with Crippen LogP contribution in [0.4, 0.5) is 4.39 Å². The Balaban J connectivity index is 1.37. The number of benzene rings is 2. The molecule has 41 heavy (non-hydrogen) atoms. The molecule has 0 radical (unpaired) electrons. The number of hydrogen-bond donors (Lipinski definition) is 3.